The number of nitrogens with one attached hydrogen (secondary N) is 1. The van der Waals surface area contributed by atoms with Crippen molar-refractivity contribution < 1.29 is 4.39 Å². The Morgan fingerprint density at radius 1 is 1.15 bits per heavy atom. The van der Waals surface area contributed by atoms with Crippen LogP contribution in [0.2, 0.25) is 10.0 Å². The Bertz CT molecular complexity index is 1100. The lowest BCUT2D eigenvalue weighted by atomic mass is 10.1. The fourth-order valence-corrected chi connectivity index (χ4v) is 3.28. The van der Waals surface area contributed by atoms with Crippen molar-refractivity contribution in [3.8, 4) is 11.1 Å². The first-order valence-electron chi connectivity index (χ1n) is 7.85. The molecule has 8 heteroatoms. The van der Waals surface area contributed by atoms with E-state index in [9.17, 15) is 4.39 Å². The van der Waals surface area contributed by atoms with Crippen molar-refractivity contribution in [1.29, 1.82) is 0 Å². The standard InChI is InChI=1S/C18H14Cl2FN5/c1-25-10-12(8-23-25)11-6-17-16(22-7-11)4-5-26(17)24-9-13-14(19)2-3-15(21)18(13)20/h2-8,10,24H,9H2,1H3. The molecule has 0 saturated carbocycles. The summed E-state index contributed by atoms with van der Waals surface area (Å²) in [6, 6.07) is 6.66. The molecule has 0 unspecified atom stereocenters. The van der Waals surface area contributed by atoms with Crippen LogP contribution in [0.5, 0.6) is 0 Å². The van der Waals surface area contributed by atoms with Gasteiger partial charge in [-0.05, 0) is 24.3 Å². The van der Waals surface area contributed by atoms with Gasteiger partial charge in [0.2, 0.25) is 0 Å². The Labute approximate surface area is 158 Å². The summed E-state index contributed by atoms with van der Waals surface area (Å²) in [5.41, 5.74) is 7.35. The summed E-state index contributed by atoms with van der Waals surface area (Å²) < 4.78 is 17.2. The minimum Gasteiger partial charge on any atom is -0.321 e. The molecule has 0 atom stereocenters. The lowest BCUT2D eigenvalue weighted by Crippen LogP contribution is -2.14. The van der Waals surface area contributed by atoms with Crippen LogP contribution in [0.4, 0.5) is 4.39 Å². The first kappa shape index (κ1) is 16.9. The van der Waals surface area contributed by atoms with Gasteiger partial charge in [-0.15, -0.1) is 0 Å². The predicted octanol–water partition coefficient (Wildman–Crippen LogP) is 4.63. The maximum absolute atomic E-state index is 13.7. The molecule has 0 amide bonds. The molecule has 3 aromatic heterocycles. The second kappa shape index (κ2) is 6.63. The number of benzene rings is 1. The summed E-state index contributed by atoms with van der Waals surface area (Å²) >= 11 is 12.2. The van der Waals surface area contributed by atoms with E-state index < -0.39 is 5.82 Å². The van der Waals surface area contributed by atoms with Crippen LogP contribution in [0.1, 0.15) is 5.56 Å². The number of hydrogen-bond acceptors (Lipinski definition) is 3. The average molecular weight is 390 g/mol. The second-order valence-corrected chi connectivity index (χ2v) is 6.66. The summed E-state index contributed by atoms with van der Waals surface area (Å²) in [4.78, 5) is 4.48. The highest BCUT2D eigenvalue weighted by molar-refractivity contribution is 6.36. The molecule has 5 nitrogen and oxygen atoms in total. The number of halogens is 3. The normalized spacial score (nSPS) is 11.2. The fraction of sp³-hybridized carbons (Fsp3) is 0.111. The molecule has 0 spiro atoms. The quantitative estimate of drug-likeness (QED) is 0.517. The minimum absolute atomic E-state index is 0.0237. The number of nitrogens with zero attached hydrogens (tertiary/aromatic N) is 4. The molecule has 0 radical (unpaired) electrons. The van der Waals surface area contributed by atoms with Crippen molar-refractivity contribution in [2.45, 2.75) is 6.54 Å². The molecular formula is C18H14Cl2FN5. The summed E-state index contributed by atoms with van der Waals surface area (Å²) in [6.45, 7) is 0.274. The molecule has 132 valence electrons. The fourth-order valence-electron chi connectivity index (χ4n) is 2.77. The van der Waals surface area contributed by atoms with E-state index in [1.165, 1.54) is 12.1 Å². The molecule has 1 N–H and O–H groups in total. The largest absolute Gasteiger partial charge is 0.321 e. The van der Waals surface area contributed by atoms with E-state index >= 15 is 0 Å². The SMILES string of the molecule is Cn1cc(-c2cnc3ccn(NCc4c(Cl)ccc(F)c4Cl)c3c2)cn1. The van der Waals surface area contributed by atoms with Gasteiger partial charge >= 0.3 is 0 Å². The summed E-state index contributed by atoms with van der Waals surface area (Å²) in [5.74, 6) is -0.495. The third kappa shape index (κ3) is 3.02. The topological polar surface area (TPSA) is 47.7 Å². The van der Waals surface area contributed by atoms with Crippen LogP contribution in [0.25, 0.3) is 22.2 Å². The van der Waals surface area contributed by atoms with E-state index in [0.29, 0.717) is 10.6 Å². The lowest BCUT2D eigenvalue weighted by molar-refractivity contribution is 0.626. The Hall–Kier alpha value is -2.57. The van der Waals surface area contributed by atoms with Gasteiger partial charge in [-0.2, -0.15) is 5.10 Å². The van der Waals surface area contributed by atoms with E-state index in [4.69, 9.17) is 23.2 Å². The highest BCUT2D eigenvalue weighted by atomic mass is 35.5. The zero-order valence-corrected chi connectivity index (χ0v) is 15.3. The lowest BCUT2D eigenvalue weighted by Gasteiger charge is -2.12. The number of rotatable bonds is 4. The van der Waals surface area contributed by atoms with E-state index in [-0.39, 0.29) is 11.6 Å². The number of aryl methyl sites for hydroxylation is 1. The van der Waals surface area contributed by atoms with Crippen molar-refractivity contribution in [2.75, 3.05) is 5.43 Å². The Morgan fingerprint density at radius 2 is 2.00 bits per heavy atom. The van der Waals surface area contributed by atoms with Crippen LogP contribution in [-0.4, -0.2) is 19.4 Å². The maximum Gasteiger partial charge on any atom is 0.142 e. The first-order valence-corrected chi connectivity index (χ1v) is 8.61. The molecule has 26 heavy (non-hydrogen) atoms. The number of aromatic nitrogens is 4. The molecular weight excluding hydrogens is 376 g/mol. The Kier molecular flexibility index (Phi) is 4.30. The third-order valence-corrected chi connectivity index (χ3v) is 4.90. The van der Waals surface area contributed by atoms with Gasteiger partial charge in [0.15, 0.2) is 0 Å². The molecule has 0 saturated heterocycles. The zero-order valence-electron chi connectivity index (χ0n) is 13.7. The van der Waals surface area contributed by atoms with Gasteiger partial charge in [0.25, 0.3) is 0 Å². The average Bonchev–Trinajstić information content (AvgIpc) is 3.24. The van der Waals surface area contributed by atoms with E-state index in [0.717, 1.165) is 22.2 Å². The number of fused-ring (bicyclic) bond motifs is 1. The Balaban J connectivity index is 1.66. The van der Waals surface area contributed by atoms with Gasteiger partial charge in [-0.3, -0.25) is 14.3 Å². The maximum atomic E-state index is 13.7. The van der Waals surface area contributed by atoms with E-state index in [2.05, 4.69) is 15.5 Å². The van der Waals surface area contributed by atoms with Crippen molar-refractivity contribution in [1.82, 2.24) is 19.4 Å². The zero-order chi connectivity index (χ0) is 18.3. The van der Waals surface area contributed by atoms with Gasteiger partial charge in [0.05, 0.1) is 28.8 Å². The van der Waals surface area contributed by atoms with Gasteiger partial charge < -0.3 is 5.43 Å². The minimum atomic E-state index is -0.495. The molecule has 0 fully saturated rings. The Morgan fingerprint density at radius 3 is 2.77 bits per heavy atom. The van der Waals surface area contributed by atoms with Crippen molar-refractivity contribution in [3.63, 3.8) is 0 Å². The van der Waals surface area contributed by atoms with Crippen LogP contribution in [-0.2, 0) is 13.6 Å². The number of pyridine rings is 1. The summed E-state index contributed by atoms with van der Waals surface area (Å²) in [7, 11) is 1.87. The van der Waals surface area contributed by atoms with Gasteiger partial charge in [-0.25, -0.2) is 4.39 Å². The summed E-state index contributed by atoms with van der Waals surface area (Å²) in [6.07, 6.45) is 7.38. The molecule has 1 aromatic carbocycles. The molecule has 0 bridgehead atoms. The summed E-state index contributed by atoms with van der Waals surface area (Å²) in [5, 5.41) is 4.62. The van der Waals surface area contributed by atoms with E-state index in [1.807, 2.05) is 42.4 Å². The highest BCUT2D eigenvalue weighted by Gasteiger charge is 2.12. The molecule has 3 heterocycles. The van der Waals surface area contributed by atoms with Gasteiger partial charge in [-0.1, -0.05) is 23.2 Å². The molecule has 4 rings (SSSR count). The van der Waals surface area contributed by atoms with Gasteiger partial charge in [0, 0.05) is 47.4 Å². The predicted molar refractivity (Wildman–Crippen MR) is 101 cm³/mol. The monoisotopic (exact) mass is 389 g/mol. The third-order valence-electron chi connectivity index (χ3n) is 4.14. The molecule has 0 aliphatic heterocycles. The number of hydrogen-bond donors (Lipinski definition) is 1. The van der Waals surface area contributed by atoms with Crippen LogP contribution in [0.15, 0.2) is 49.1 Å². The van der Waals surface area contributed by atoms with E-state index in [1.54, 1.807) is 10.9 Å². The second-order valence-electron chi connectivity index (χ2n) is 5.87. The smallest absolute Gasteiger partial charge is 0.142 e. The first-order chi connectivity index (χ1) is 12.5. The van der Waals surface area contributed by atoms with Crippen LogP contribution >= 0.6 is 23.2 Å². The van der Waals surface area contributed by atoms with Crippen molar-refractivity contribution in [3.05, 3.63) is 70.5 Å². The molecule has 0 aliphatic carbocycles. The molecule has 0 aliphatic rings. The molecule has 4 aromatic rings. The van der Waals surface area contributed by atoms with Crippen LogP contribution in [0, 0.1) is 5.82 Å². The van der Waals surface area contributed by atoms with Crippen LogP contribution in [0.3, 0.4) is 0 Å². The van der Waals surface area contributed by atoms with Gasteiger partial charge in [0.1, 0.15) is 5.82 Å². The van der Waals surface area contributed by atoms with Crippen molar-refractivity contribution in [2.24, 2.45) is 7.05 Å². The van der Waals surface area contributed by atoms with Crippen molar-refractivity contribution >= 4 is 34.2 Å². The van der Waals surface area contributed by atoms with Crippen LogP contribution < -0.4 is 5.43 Å². The highest BCUT2D eigenvalue weighted by Crippen LogP contribution is 2.28.